The summed E-state index contributed by atoms with van der Waals surface area (Å²) >= 11 is 1.53. The Morgan fingerprint density at radius 1 is 1.06 bits per heavy atom. The van der Waals surface area contributed by atoms with Gasteiger partial charge in [-0.25, -0.2) is 4.98 Å². The van der Waals surface area contributed by atoms with Gasteiger partial charge in [0, 0.05) is 43.7 Å². The lowest BCUT2D eigenvalue weighted by Crippen LogP contribution is -2.35. The maximum atomic E-state index is 13.1. The number of hydrogen-bond donors (Lipinski definition) is 0. The monoisotopic (exact) mass is 437 g/mol. The van der Waals surface area contributed by atoms with Gasteiger partial charge in [0.25, 0.3) is 5.91 Å². The van der Waals surface area contributed by atoms with E-state index in [-0.39, 0.29) is 5.91 Å². The molecule has 1 aliphatic rings. The molecule has 2 aromatic carbocycles. The van der Waals surface area contributed by atoms with Gasteiger partial charge in [0.1, 0.15) is 6.61 Å². The van der Waals surface area contributed by atoms with E-state index in [9.17, 15) is 4.79 Å². The van der Waals surface area contributed by atoms with Crippen molar-refractivity contribution < 1.29 is 14.3 Å². The molecule has 1 aliphatic heterocycles. The topological polar surface area (TPSA) is 54.9 Å². The van der Waals surface area contributed by atoms with Crippen molar-refractivity contribution in [1.82, 2.24) is 14.8 Å². The van der Waals surface area contributed by atoms with Gasteiger partial charge in [0.15, 0.2) is 11.5 Å². The van der Waals surface area contributed by atoms with E-state index in [1.807, 2.05) is 22.4 Å². The van der Waals surface area contributed by atoms with Crippen LogP contribution < -0.4 is 9.47 Å². The summed E-state index contributed by atoms with van der Waals surface area (Å²) < 4.78 is 11.3. The Morgan fingerprint density at radius 2 is 1.94 bits per heavy atom. The second-order valence-corrected chi connectivity index (χ2v) is 8.26. The molecule has 0 spiro atoms. The van der Waals surface area contributed by atoms with Gasteiger partial charge in [-0.15, -0.1) is 11.3 Å². The first kappa shape index (κ1) is 21.3. The first-order valence-corrected chi connectivity index (χ1v) is 11.4. The van der Waals surface area contributed by atoms with Crippen LogP contribution in [0.3, 0.4) is 0 Å². The Hall–Kier alpha value is -2.90. The predicted molar refractivity (Wildman–Crippen MR) is 122 cm³/mol. The van der Waals surface area contributed by atoms with Gasteiger partial charge in [-0.1, -0.05) is 30.3 Å². The molecule has 162 valence electrons. The van der Waals surface area contributed by atoms with Crippen LogP contribution >= 0.6 is 11.3 Å². The van der Waals surface area contributed by atoms with Gasteiger partial charge in [0.2, 0.25) is 0 Å². The molecule has 0 atom stereocenters. The Balaban J connectivity index is 1.38. The number of amides is 1. The number of rotatable bonds is 7. The minimum atomic E-state index is 0.0333. The molecule has 0 aliphatic carbocycles. The minimum Gasteiger partial charge on any atom is -0.493 e. The van der Waals surface area contributed by atoms with Crippen molar-refractivity contribution in [3.8, 4) is 11.5 Å². The van der Waals surface area contributed by atoms with Crippen molar-refractivity contribution in [3.63, 3.8) is 0 Å². The Morgan fingerprint density at radius 3 is 2.71 bits per heavy atom. The lowest BCUT2D eigenvalue weighted by atomic mass is 10.1. The number of ether oxygens (including phenoxy) is 2. The lowest BCUT2D eigenvalue weighted by Gasteiger charge is -2.22. The van der Waals surface area contributed by atoms with Crippen LogP contribution in [0.25, 0.3) is 0 Å². The fourth-order valence-electron chi connectivity index (χ4n) is 3.74. The maximum Gasteiger partial charge on any atom is 0.254 e. The summed E-state index contributed by atoms with van der Waals surface area (Å²) in [6, 6.07) is 15.9. The molecule has 7 heteroatoms. The van der Waals surface area contributed by atoms with Crippen molar-refractivity contribution in [2.75, 3.05) is 33.3 Å². The van der Waals surface area contributed by atoms with Gasteiger partial charge in [-0.05, 0) is 30.2 Å². The first-order chi connectivity index (χ1) is 15.2. The number of aromatic nitrogens is 1. The highest BCUT2D eigenvalue weighted by Crippen LogP contribution is 2.29. The summed E-state index contributed by atoms with van der Waals surface area (Å²) in [4.78, 5) is 21.7. The summed E-state index contributed by atoms with van der Waals surface area (Å²) in [7, 11) is 1.59. The molecule has 31 heavy (non-hydrogen) atoms. The summed E-state index contributed by atoms with van der Waals surface area (Å²) in [5, 5.41) is 1.95. The molecular formula is C24H27N3O3S. The number of methoxy groups -OCH3 is 1. The second-order valence-electron chi connectivity index (χ2n) is 7.54. The number of carbonyl (C=O) groups excluding carboxylic acids is 1. The average Bonchev–Trinajstić information content (AvgIpc) is 3.23. The Labute approximate surface area is 187 Å². The molecule has 0 unspecified atom stereocenters. The van der Waals surface area contributed by atoms with E-state index < -0.39 is 0 Å². The molecule has 0 radical (unpaired) electrons. The highest BCUT2D eigenvalue weighted by molar-refractivity contribution is 7.07. The van der Waals surface area contributed by atoms with Crippen LogP contribution in [0.4, 0.5) is 0 Å². The Bertz CT molecular complexity index is 979. The van der Waals surface area contributed by atoms with E-state index in [1.54, 1.807) is 24.8 Å². The molecule has 3 aromatic rings. The fourth-order valence-corrected chi connectivity index (χ4v) is 4.28. The van der Waals surface area contributed by atoms with Gasteiger partial charge in [-0.3, -0.25) is 9.69 Å². The molecule has 0 saturated carbocycles. The zero-order chi connectivity index (χ0) is 21.5. The summed E-state index contributed by atoms with van der Waals surface area (Å²) in [6.45, 7) is 4.63. The third kappa shape index (κ3) is 5.62. The van der Waals surface area contributed by atoms with Crippen LogP contribution in [0, 0.1) is 0 Å². The number of hydrogen-bond acceptors (Lipinski definition) is 6. The van der Waals surface area contributed by atoms with Crippen LogP contribution in [-0.2, 0) is 13.2 Å². The van der Waals surface area contributed by atoms with Crippen molar-refractivity contribution in [1.29, 1.82) is 0 Å². The van der Waals surface area contributed by atoms with E-state index in [0.717, 1.165) is 44.8 Å². The third-order valence-electron chi connectivity index (χ3n) is 5.39. The average molecular weight is 438 g/mol. The predicted octanol–water partition coefficient (Wildman–Crippen LogP) is 4.08. The van der Waals surface area contributed by atoms with Gasteiger partial charge < -0.3 is 14.4 Å². The normalized spacial score (nSPS) is 14.8. The van der Waals surface area contributed by atoms with E-state index in [2.05, 4.69) is 34.1 Å². The van der Waals surface area contributed by atoms with Gasteiger partial charge in [0.05, 0.1) is 18.3 Å². The van der Waals surface area contributed by atoms with Gasteiger partial charge in [-0.2, -0.15) is 0 Å². The number of carbonyl (C=O) groups is 1. The minimum absolute atomic E-state index is 0.0333. The van der Waals surface area contributed by atoms with Crippen molar-refractivity contribution in [2.45, 2.75) is 19.6 Å². The van der Waals surface area contributed by atoms with Crippen LogP contribution in [-0.4, -0.2) is 54.0 Å². The standard InChI is InChI=1S/C24H27N3O3S/c1-29-23-14-20(8-9-22(23)30-16-21-17-31-18-25-21)24(28)27-11-5-10-26(12-13-27)15-19-6-3-2-4-7-19/h2-4,6-9,14,17-18H,5,10-13,15-16H2,1H3. The second kappa shape index (κ2) is 10.4. The molecule has 1 saturated heterocycles. The SMILES string of the molecule is COc1cc(C(=O)N2CCCN(Cc3ccccc3)CC2)ccc1OCc1cscn1. The smallest absolute Gasteiger partial charge is 0.254 e. The number of benzene rings is 2. The third-order valence-corrected chi connectivity index (χ3v) is 6.03. The lowest BCUT2D eigenvalue weighted by molar-refractivity contribution is 0.0760. The van der Waals surface area contributed by atoms with E-state index in [4.69, 9.17) is 9.47 Å². The van der Waals surface area contributed by atoms with Crippen LogP contribution in [0.2, 0.25) is 0 Å². The highest BCUT2D eigenvalue weighted by Gasteiger charge is 2.21. The van der Waals surface area contributed by atoms with Crippen LogP contribution in [0.15, 0.2) is 59.4 Å². The molecule has 0 N–H and O–H groups in total. The molecule has 0 bridgehead atoms. The molecule has 1 aromatic heterocycles. The van der Waals surface area contributed by atoms with Crippen LogP contribution in [0.1, 0.15) is 28.0 Å². The van der Waals surface area contributed by atoms with Crippen LogP contribution in [0.5, 0.6) is 11.5 Å². The zero-order valence-electron chi connectivity index (χ0n) is 17.7. The quantitative estimate of drug-likeness (QED) is 0.558. The Kier molecular flexibility index (Phi) is 7.17. The number of nitrogens with zero attached hydrogens (tertiary/aromatic N) is 3. The molecular weight excluding hydrogens is 410 g/mol. The first-order valence-electron chi connectivity index (χ1n) is 10.5. The molecule has 4 rings (SSSR count). The van der Waals surface area contributed by atoms with E-state index >= 15 is 0 Å². The largest absolute Gasteiger partial charge is 0.493 e. The molecule has 6 nitrogen and oxygen atoms in total. The maximum absolute atomic E-state index is 13.1. The summed E-state index contributed by atoms with van der Waals surface area (Å²) in [5.74, 6) is 1.20. The zero-order valence-corrected chi connectivity index (χ0v) is 18.5. The van der Waals surface area contributed by atoms with Gasteiger partial charge >= 0.3 is 0 Å². The molecule has 1 fully saturated rings. The number of thiazole rings is 1. The van der Waals surface area contributed by atoms with Crippen molar-refractivity contribution in [3.05, 3.63) is 76.2 Å². The highest BCUT2D eigenvalue weighted by atomic mass is 32.1. The van der Waals surface area contributed by atoms with Crippen molar-refractivity contribution >= 4 is 17.2 Å². The summed E-state index contributed by atoms with van der Waals surface area (Å²) in [5.41, 5.74) is 4.58. The van der Waals surface area contributed by atoms with E-state index in [1.165, 1.54) is 16.9 Å². The van der Waals surface area contributed by atoms with Crippen molar-refractivity contribution in [2.24, 2.45) is 0 Å². The summed E-state index contributed by atoms with van der Waals surface area (Å²) in [6.07, 6.45) is 0.963. The fraction of sp³-hybridized carbons (Fsp3) is 0.333. The molecule has 2 heterocycles. The molecule has 1 amide bonds. The van der Waals surface area contributed by atoms with E-state index in [0.29, 0.717) is 23.7 Å².